The molecule has 0 saturated heterocycles. The number of ether oxygens (including phenoxy) is 1. The molecule has 0 aliphatic rings. The summed E-state index contributed by atoms with van der Waals surface area (Å²) in [5.41, 5.74) is 0.266. The Labute approximate surface area is 105 Å². The van der Waals surface area contributed by atoms with E-state index in [1.165, 1.54) is 4.90 Å². The van der Waals surface area contributed by atoms with Crippen molar-refractivity contribution in [1.29, 1.82) is 0 Å². The van der Waals surface area contributed by atoms with E-state index >= 15 is 0 Å². The lowest BCUT2D eigenvalue weighted by molar-refractivity contribution is 0.0651. The number of rotatable bonds is 6. The second-order valence-corrected chi connectivity index (χ2v) is 3.74. The second-order valence-electron chi connectivity index (χ2n) is 3.35. The van der Waals surface area contributed by atoms with Crippen molar-refractivity contribution in [2.75, 3.05) is 33.4 Å². The zero-order valence-corrected chi connectivity index (χ0v) is 10.4. The van der Waals surface area contributed by atoms with E-state index in [0.29, 0.717) is 13.2 Å². The van der Waals surface area contributed by atoms with Crippen LogP contribution in [0.25, 0.3) is 0 Å². The summed E-state index contributed by atoms with van der Waals surface area (Å²) in [7, 11) is 1.55. The zero-order valence-electron chi connectivity index (χ0n) is 9.60. The number of halogens is 1. The minimum absolute atomic E-state index is 0.101. The maximum Gasteiger partial charge on any atom is 0.272 e. The molecule has 1 amide bonds. The molecule has 0 saturated carbocycles. The third kappa shape index (κ3) is 4.30. The normalized spacial score (nSPS) is 10.3. The molecule has 1 heterocycles. The highest BCUT2D eigenvalue weighted by Gasteiger charge is 2.16. The number of pyridine rings is 1. The summed E-state index contributed by atoms with van der Waals surface area (Å²) in [5, 5.41) is 9.18. The zero-order chi connectivity index (χ0) is 12.7. The van der Waals surface area contributed by atoms with Gasteiger partial charge in [0, 0.05) is 20.2 Å². The van der Waals surface area contributed by atoms with Gasteiger partial charge in [0.15, 0.2) is 0 Å². The Hall–Kier alpha value is -1.17. The Morgan fingerprint density at radius 1 is 1.53 bits per heavy atom. The van der Waals surface area contributed by atoms with Crippen molar-refractivity contribution in [2.45, 2.75) is 0 Å². The van der Waals surface area contributed by atoms with E-state index in [0.717, 1.165) is 0 Å². The molecule has 0 aliphatic carbocycles. The minimum atomic E-state index is -0.265. The molecule has 0 unspecified atom stereocenters. The van der Waals surface area contributed by atoms with Gasteiger partial charge in [0.2, 0.25) is 0 Å². The summed E-state index contributed by atoms with van der Waals surface area (Å²) < 4.78 is 4.91. The van der Waals surface area contributed by atoms with E-state index in [4.69, 9.17) is 21.4 Å². The number of carbonyl (C=O) groups excluding carboxylic acids is 1. The summed E-state index contributed by atoms with van der Waals surface area (Å²) >= 11 is 5.72. The van der Waals surface area contributed by atoms with Crippen molar-refractivity contribution in [3.63, 3.8) is 0 Å². The quantitative estimate of drug-likeness (QED) is 0.768. The van der Waals surface area contributed by atoms with Gasteiger partial charge < -0.3 is 14.7 Å². The Kier molecular flexibility index (Phi) is 5.90. The van der Waals surface area contributed by atoms with Crippen LogP contribution in [0.5, 0.6) is 0 Å². The van der Waals surface area contributed by atoms with E-state index in [1.807, 2.05) is 0 Å². The summed E-state index contributed by atoms with van der Waals surface area (Å²) in [4.78, 5) is 17.4. The molecule has 1 rings (SSSR count). The van der Waals surface area contributed by atoms with Crippen LogP contribution >= 0.6 is 11.6 Å². The molecule has 1 aromatic heterocycles. The Bertz CT molecular complexity index is 373. The molecular formula is C11H15ClN2O3. The molecule has 94 valence electrons. The molecule has 1 aromatic rings. The number of hydrogen-bond donors (Lipinski definition) is 1. The highest BCUT2D eigenvalue weighted by atomic mass is 35.5. The third-order valence-corrected chi connectivity index (χ3v) is 2.37. The first-order valence-corrected chi connectivity index (χ1v) is 5.58. The maximum atomic E-state index is 12.0. The fourth-order valence-corrected chi connectivity index (χ4v) is 1.49. The topological polar surface area (TPSA) is 62.7 Å². The van der Waals surface area contributed by atoms with E-state index in [1.54, 1.807) is 25.3 Å². The highest BCUT2D eigenvalue weighted by Crippen LogP contribution is 2.07. The molecule has 0 aliphatic heterocycles. The standard InChI is InChI=1S/C11H15ClN2O3/c1-17-8-6-14(5-7-15)11(16)9-3-2-4-10(12)13-9/h2-4,15H,5-8H2,1H3. The first-order chi connectivity index (χ1) is 8.19. The minimum Gasteiger partial charge on any atom is -0.395 e. The van der Waals surface area contributed by atoms with E-state index in [-0.39, 0.29) is 29.9 Å². The van der Waals surface area contributed by atoms with Crippen molar-refractivity contribution in [1.82, 2.24) is 9.88 Å². The van der Waals surface area contributed by atoms with Crippen molar-refractivity contribution < 1.29 is 14.6 Å². The number of methoxy groups -OCH3 is 1. The van der Waals surface area contributed by atoms with Gasteiger partial charge >= 0.3 is 0 Å². The molecule has 17 heavy (non-hydrogen) atoms. The van der Waals surface area contributed by atoms with E-state index < -0.39 is 0 Å². The van der Waals surface area contributed by atoms with Crippen LogP contribution in [0.2, 0.25) is 5.15 Å². The largest absolute Gasteiger partial charge is 0.395 e. The van der Waals surface area contributed by atoms with Crippen LogP contribution in [0.1, 0.15) is 10.5 Å². The van der Waals surface area contributed by atoms with Crippen molar-refractivity contribution in [3.05, 3.63) is 29.0 Å². The number of aliphatic hydroxyl groups is 1. The second kappa shape index (κ2) is 7.21. The van der Waals surface area contributed by atoms with Crippen molar-refractivity contribution in [3.8, 4) is 0 Å². The van der Waals surface area contributed by atoms with Gasteiger partial charge in [-0.15, -0.1) is 0 Å². The molecule has 0 fully saturated rings. The Balaban J connectivity index is 2.76. The highest BCUT2D eigenvalue weighted by molar-refractivity contribution is 6.29. The summed E-state index contributed by atoms with van der Waals surface area (Å²) in [6.45, 7) is 0.961. The van der Waals surface area contributed by atoms with Crippen molar-refractivity contribution in [2.24, 2.45) is 0 Å². The van der Waals surface area contributed by atoms with Gasteiger partial charge in [-0.3, -0.25) is 4.79 Å². The lowest BCUT2D eigenvalue weighted by atomic mass is 10.3. The molecular weight excluding hydrogens is 244 g/mol. The molecule has 0 aromatic carbocycles. The van der Waals surface area contributed by atoms with Gasteiger partial charge in [-0.05, 0) is 12.1 Å². The van der Waals surface area contributed by atoms with Crippen LogP contribution in [-0.2, 0) is 4.74 Å². The summed E-state index contributed by atoms with van der Waals surface area (Å²) in [6, 6.07) is 4.85. The lowest BCUT2D eigenvalue weighted by Crippen LogP contribution is -2.36. The predicted octanol–water partition coefficient (Wildman–Crippen LogP) is 0.816. The third-order valence-electron chi connectivity index (χ3n) is 2.16. The first kappa shape index (κ1) is 13.9. The van der Waals surface area contributed by atoms with Crippen LogP contribution in [0.3, 0.4) is 0 Å². The number of carbonyl (C=O) groups is 1. The fraction of sp³-hybridized carbons (Fsp3) is 0.455. The number of aromatic nitrogens is 1. The Morgan fingerprint density at radius 3 is 2.88 bits per heavy atom. The van der Waals surface area contributed by atoms with Crippen LogP contribution < -0.4 is 0 Å². The van der Waals surface area contributed by atoms with Crippen LogP contribution in [0.4, 0.5) is 0 Å². The van der Waals surface area contributed by atoms with E-state index in [9.17, 15) is 4.79 Å². The van der Waals surface area contributed by atoms with Gasteiger partial charge in [0.1, 0.15) is 10.8 Å². The maximum absolute atomic E-state index is 12.0. The molecule has 5 nitrogen and oxygen atoms in total. The monoisotopic (exact) mass is 258 g/mol. The average Bonchev–Trinajstić information content (AvgIpc) is 2.33. The molecule has 0 spiro atoms. The number of nitrogens with zero attached hydrogens (tertiary/aromatic N) is 2. The van der Waals surface area contributed by atoms with Gasteiger partial charge in [-0.1, -0.05) is 17.7 Å². The Morgan fingerprint density at radius 2 is 2.29 bits per heavy atom. The van der Waals surface area contributed by atoms with Crippen LogP contribution in [0, 0.1) is 0 Å². The van der Waals surface area contributed by atoms with Gasteiger partial charge in [-0.2, -0.15) is 0 Å². The van der Waals surface area contributed by atoms with Crippen LogP contribution in [-0.4, -0.2) is 54.3 Å². The fourth-order valence-electron chi connectivity index (χ4n) is 1.33. The average molecular weight is 259 g/mol. The number of amides is 1. The molecule has 0 radical (unpaired) electrons. The predicted molar refractivity (Wildman–Crippen MR) is 64.1 cm³/mol. The smallest absolute Gasteiger partial charge is 0.272 e. The number of aliphatic hydroxyl groups excluding tert-OH is 1. The van der Waals surface area contributed by atoms with Crippen LogP contribution in [0.15, 0.2) is 18.2 Å². The lowest BCUT2D eigenvalue weighted by Gasteiger charge is -2.20. The first-order valence-electron chi connectivity index (χ1n) is 5.20. The molecule has 1 N–H and O–H groups in total. The van der Waals surface area contributed by atoms with Gasteiger partial charge in [-0.25, -0.2) is 4.98 Å². The van der Waals surface area contributed by atoms with Crippen molar-refractivity contribution >= 4 is 17.5 Å². The van der Waals surface area contributed by atoms with E-state index in [2.05, 4.69) is 4.98 Å². The van der Waals surface area contributed by atoms with Gasteiger partial charge in [0.05, 0.1) is 13.2 Å². The molecule has 0 atom stereocenters. The van der Waals surface area contributed by atoms with Gasteiger partial charge in [0.25, 0.3) is 5.91 Å². The molecule has 0 bridgehead atoms. The number of hydrogen-bond acceptors (Lipinski definition) is 4. The summed E-state index contributed by atoms with van der Waals surface area (Å²) in [5.74, 6) is -0.265. The summed E-state index contributed by atoms with van der Waals surface area (Å²) in [6.07, 6.45) is 0. The SMILES string of the molecule is COCCN(CCO)C(=O)c1cccc(Cl)n1. The molecule has 6 heteroatoms.